The van der Waals surface area contributed by atoms with Crippen LogP contribution < -0.4 is 15.4 Å². The zero-order valence-electron chi connectivity index (χ0n) is 12.9. The van der Waals surface area contributed by atoms with Crippen LogP contribution in [0.4, 0.5) is 4.79 Å². The third-order valence-corrected chi connectivity index (χ3v) is 3.36. The topological polar surface area (TPSA) is 76.7 Å². The maximum atomic E-state index is 12.0. The Morgan fingerprint density at radius 1 is 1.27 bits per heavy atom. The number of urea groups is 1. The minimum Gasteiger partial charge on any atom is -0.494 e. The van der Waals surface area contributed by atoms with Crippen LogP contribution in [0.1, 0.15) is 31.9 Å². The number of esters is 1. The number of methoxy groups -OCH3 is 1. The molecule has 1 aromatic carbocycles. The van der Waals surface area contributed by atoms with Gasteiger partial charge in [0.2, 0.25) is 0 Å². The van der Waals surface area contributed by atoms with Crippen molar-refractivity contribution in [2.75, 3.05) is 13.7 Å². The van der Waals surface area contributed by atoms with Gasteiger partial charge in [0, 0.05) is 5.70 Å². The highest BCUT2D eigenvalue weighted by atomic mass is 16.5. The lowest BCUT2D eigenvalue weighted by molar-refractivity contribution is -0.136. The van der Waals surface area contributed by atoms with Crippen LogP contribution >= 0.6 is 0 Å². The van der Waals surface area contributed by atoms with Gasteiger partial charge in [-0.25, -0.2) is 9.59 Å². The van der Waals surface area contributed by atoms with E-state index >= 15 is 0 Å². The molecular weight excluding hydrogens is 284 g/mol. The summed E-state index contributed by atoms with van der Waals surface area (Å²) in [6, 6.07) is 6.42. The molecule has 1 aliphatic heterocycles. The van der Waals surface area contributed by atoms with E-state index in [0.717, 1.165) is 17.7 Å². The van der Waals surface area contributed by atoms with E-state index in [1.807, 2.05) is 31.2 Å². The Morgan fingerprint density at radius 3 is 2.55 bits per heavy atom. The lowest BCUT2D eigenvalue weighted by Gasteiger charge is -2.27. The van der Waals surface area contributed by atoms with Crippen molar-refractivity contribution in [2.45, 2.75) is 26.3 Å². The number of carbonyl (C=O) groups excluding carboxylic acids is 2. The smallest absolute Gasteiger partial charge is 0.337 e. The molecule has 0 aromatic heterocycles. The molecule has 1 atom stereocenters. The van der Waals surface area contributed by atoms with Crippen molar-refractivity contribution in [3.8, 4) is 5.75 Å². The van der Waals surface area contributed by atoms with Crippen molar-refractivity contribution in [3.63, 3.8) is 0 Å². The Morgan fingerprint density at radius 2 is 1.95 bits per heavy atom. The summed E-state index contributed by atoms with van der Waals surface area (Å²) in [5, 5.41) is 5.33. The molecule has 0 saturated carbocycles. The average molecular weight is 304 g/mol. The van der Waals surface area contributed by atoms with Crippen molar-refractivity contribution in [2.24, 2.45) is 0 Å². The molecule has 0 fully saturated rings. The summed E-state index contributed by atoms with van der Waals surface area (Å²) in [6.07, 6.45) is 0.931. The van der Waals surface area contributed by atoms with Crippen molar-refractivity contribution in [1.82, 2.24) is 10.6 Å². The van der Waals surface area contributed by atoms with Crippen molar-refractivity contribution in [1.29, 1.82) is 0 Å². The molecule has 1 aliphatic rings. The first-order valence-corrected chi connectivity index (χ1v) is 7.16. The molecule has 0 aliphatic carbocycles. The van der Waals surface area contributed by atoms with Crippen LogP contribution in [0.3, 0.4) is 0 Å². The number of amides is 2. The Hall–Kier alpha value is -2.50. The quantitative estimate of drug-likeness (QED) is 0.818. The van der Waals surface area contributed by atoms with Gasteiger partial charge in [-0.15, -0.1) is 0 Å². The summed E-state index contributed by atoms with van der Waals surface area (Å²) in [4.78, 5) is 23.7. The van der Waals surface area contributed by atoms with Crippen LogP contribution in [0, 0.1) is 0 Å². The van der Waals surface area contributed by atoms with Gasteiger partial charge in [-0.1, -0.05) is 19.1 Å². The first kappa shape index (κ1) is 15.9. The van der Waals surface area contributed by atoms with E-state index in [4.69, 9.17) is 9.47 Å². The van der Waals surface area contributed by atoms with Crippen molar-refractivity contribution >= 4 is 12.0 Å². The summed E-state index contributed by atoms with van der Waals surface area (Å²) in [5.74, 6) is 0.285. The van der Waals surface area contributed by atoms with E-state index in [2.05, 4.69) is 10.6 Å². The SMILES string of the molecule is CCCOc1ccc([C@H]2NC(=O)NC(C)=C2C(=O)OC)cc1. The monoisotopic (exact) mass is 304 g/mol. The number of nitrogens with one attached hydrogen (secondary N) is 2. The summed E-state index contributed by atoms with van der Waals surface area (Å²) in [7, 11) is 1.32. The maximum Gasteiger partial charge on any atom is 0.337 e. The molecule has 0 saturated heterocycles. The fourth-order valence-electron chi connectivity index (χ4n) is 2.30. The van der Waals surface area contributed by atoms with Crippen LogP contribution in [0.25, 0.3) is 0 Å². The number of allylic oxidation sites excluding steroid dienone is 1. The van der Waals surface area contributed by atoms with E-state index in [9.17, 15) is 9.59 Å². The van der Waals surface area contributed by atoms with E-state index in [-0.39, 0.29) is 6.03 Å². The molecule has 0 spiro atoms. The molecule has 1 aromatic rings. The number of hydrogen-bond acceptors (Lipinski definition) is 4. The summed E-state index contributed by atoms with van der Waals surface area (Å²) in [5.41, 5.74) is 1.68. The zero-order valence-corrected chi connectivity index (χ0v) is 12.9. The second-order valence-corrected chi connectivity index (χ2v) is 4.98. The standard InChI is InChI=1S/C16H20N2O4/c1-4-9-22-12-7-5-11(6-8-12)14-13(15(19)21-3)10(2)17-16(20)18-14/h5-8,14H,4,9H2,1-3H3,(H2,17,18,20)/t14-/m1/s1. The average Bonchev–Trinajstić information content (AvgIpc) is 2.52. The maximum absolute atomic E-state index is 12.0. The fourth-order valence-corrected chi connectivity index (χ4v) is 2.30. The third-order valence-electron chi connectivity index (χ3n) is 3.36. The Kier molecular flexibility index (Phi) is 5.04. The number of benzene rings is 1. The van der Waals surface area contributed by atoms with E-state index in [0.29, 0.717) is 17.9 Å². The molecule has 0 unspecified atom stereocenters. The molecule has 2 N–H and O–H groups in total. The highest BCUT2D eigenvalue weighted by molar-refractivity contribution is 5.94. The fraction of sp³-hybridized carbons (Fsp3) is 0.375. The van der Waals surface area contributed by atoms with Crippen LogP contribution in [-0.2, 0) is 9.53 Å². The van der Waals surface area contributed by atoms with Crippen LogP contribution in [0.2, 0.25) is 0 Å². The van der Waals surface area contributed by atoms with Gasteiger partial charge in [-0.2, -0.15) is 0 Å². The van der Waals surface area contributed by atoms with E-state index in [1.54, 1.807) is 6.92 Å². The first-order chi connectivity index (χ1) is 10.6. The van der Waals surface area contributed by atoms with Crippen molar-refractivity contribution < 1.29 is 19.1 Å². The van der Waals surface area contributed by atoms with Gasteiger partial charge in [0.1, 0.15) is 5.75 Å². The third kappa shape index (κ3) is 3.39. The number of rotatable bonds is 5. The molecule has 6 nitrogen and oxygen atoms in total. The van der Waals surface area contributed by atoms with E-state index in [1.165, 1.54) is 7.11 Å². The van der Waals surface area contributed by atoms with Gasteiger partial charge in [0.05, 0.1) is 25.3 Å². The van der Waals surface area contributed by atoms with Gasteiger partial charge >= 0.3 is 12.0 Å². The highest BCUT2D eigenvalue weighted by Crippen LogP contribution is 2.28. The minimum atomic E-state index is -0.540. The normalized spacial score (nSPS) is 17.6. The molecule has 2 rings (SSSR count). The first-order valence-electron chi connectivity index (χ1n) is 7.16. The van der Waals surface area contributed by atoms with Crippen LogP contribution in [0.5, 0.6) is 5.75 Å². The summed E-state index contributed by atoms with van der Waals surface area (Å²) in [6.45, 7) is 4.36. The second-order valence-electron chi connectivity index (χ2n) is 4.98. The number of ether oxygens (including phenoxy) is 2. The van der Waals surface area contributed by atoms with Crippen molar-refractivity contribution in [3.05, 3.63) is 41.1 Å². The summed E-state index contributed by atoms with van der Waals surface area (Å²) < 4.78 is 10.3. The largest absolute Gasteiger partial charge is 0.494 e. The van der Waals surface area contributed by atoms with E-state index < -0.39 is 12.0 Å². The van der Waals surface area contributed by atoms with Gasteiger partial charge in [0.25, 0.3) is 0 Å². The molecule has 1 heterocycles. The molecule has 0 bridgehead atoms. The molecule has 118 valence electrons. The van der Waals surface area contributed by atoms with Gasteiger partial charge in [-0.05, 0) is 31.0 Å². The highest BCUT2D eigenvalue weighted by Gasteiger charge is 2.31. The van der Waals surface area contributed by atoms with Gasteiger partial charge < -0.3 is 20.1 Å². The predicted octanol–water partition coefficient (Wildman–Crippen LogP) is 2.28. The summed E-state index contributed by atoms with van der Waals surface area (Å²) >= 11 is 0. The minimum absolute atomic E-state index is 0.346. The van der Waals surface area contributed by atoms with Crippen LogP contribution in [0.15, 0.2) is 35.5 Å². The molecular formula is C16H20N2O4. The zero-order chi connectivity index (χ0) is 16.1. The molecule has 2 amide bonds. The van der Waals surface area contributed by atoms with Crippen LogP contribution in [-0.4, -0.2) is 25.7 Å². The van der Waals surface area contributed by atoms with Gasteiger partial charge in [0.15, 0.2) is 0 Å². The lowest BCUT2D eigenvalue weighted by atomic mass is 9.95. The van der Waals surface area contributed by atoms with Gasteiger partial charge in [-0.3, -0.25) is 0 Å². The molecule has 0 radical (unpaired) electrons. The second kappa shape index (κ2) is 6.98. The number of carbonyl (C=O) groups is 2. The Labute approximate surface area is 129 Å². The molecule has 22 heavy (non-hydrogen) atoms. The Bertz CT molecular complexity index is 593. The Balaban J connectivity index is 2.29. The lowest BCUT2D eigenvalue weighted by Crippen LogP contribution is -2.45. The predicted molar refractivity (Wildman–Crippen MR) is 81.4 cm³/mol. The number of hydrogen-bond donors (Lipinski definition) is 2. The molecule has 6 heteroatoms.